The van der Waals surface area contributed by atoms with Crippen LogP contribution in [0, 0.1) is 5.92 Å². The summed E-state index contributed by atoms with van der Waals surface area (Å²) in [5.41, 5.74) is 0. The highest BCUT2D eigenvalue weighted by molar-refractivity contribution is 6.09. The highest BCUT2D eigenvalue weighted by Crippen LogP contribution is 2.20. The van der Waals surface area contributed by atoms with Gasteiger partial charge in [-0.15, -0.1) is 0 Å². The third-order valence-corrected chi connectivity index (χ3v) is 1.79. The minimum Gasteiger partial charge on any atom is -0.392 e. The van der Waals surface area contributed by atoms with E-state index in [1.807, 2.05) is 0 Å². The number of hydrogen-bond acceptors (Lipinski definition) is 3. The second-order valence-electron chi connectivity index (χ2n) is 2.65. The Balaban J connectivity index is 2.72. The molecule has 1 aliphatic rings. The first-order valence-electron chi connectivity index (χ1n) is 3.36. The molecule has 0 aromatic carbocycles. The van der Waals surface area contributed by atoms with Gasteiger partial charge in [-0.05, 0) is 6.92 Å². The van der Waals surface area contributed by atoms with Crippen LogP contribution in [0.5, 0.6) is 0 Å². The second-order valence-corrected chi connectivity index (χ2v) is 2.65. The molecule has 0 bridgehead atoms. The zero-order valence-corrected chi connectivity index (χ0v) is 5.83. The van der Waals surface area contributed by atoms with Crippen LogP contribution in [0.15, 0.2) is 0 Å². The summed E-state index contributed by atoms with van der Waals surface area (Å²) in [5.74, 6) is -0.944. The van der Waals surface area contributed by atoms with Crippen molar-refractivity contribution in [1.29, 1.82) is 0 Å². The molecule has 0 spiro atoms. The molecular formula is C7H10O3. The van der Waals surface area contributed by atoms with Gasteiger partial charge in [0.2, 0.25) is 0 Å². The monoisotopic (exact) mass is 142 g/mol. The maximum atomic E-state index is 10.8. The first-order chi connectivity index (χ1) is 4.63. The molecule has 1 aliphatic carbocycles. The molecule has 0 heterocycles. The Morgan fingerprint density at radius 2 is 1.80 bits per heavy atom. The molecule has 3 nitrogen and oxygen atoms in total. The molecule has 0 aromatic heterocycles. The standard InChI is InChI=1S/C7H10O3/c1-4(8)7-5(9)2-3-6(7)10/h4,7-8H,2-3H2,1H3. The van der Waals surface area contributed by atoms with Crippen LogP contribution in [0.2, 0.25) is 0 Å². The molecule has 1 N–H and O–H groups in total. The Hall–Kier alpha value is -0.700. The molecular weight excluding hydrogens is 132 g/mol. The lowest BCUT2D eigenvalue weighted by Crippen LogP contribution is -2.26. The smallest absolute Gasteiger partial charge is 0.146 e. The third kappa shape index (κ3) is 1.09. The lowest BCUT2D eigenvalue weighted by Gasteiger charge is -2.08. The van der Waals surface area contributed by atoms with E-state index >= 15 is 0 Å². The van der Waals surface area contributed by atoms with Crippen molar-refractivity contribution in [2.45, 2.75) is 25.9 Å². The van der Waals surface area contributed by atoms with Gasteiger partial charge >= 0.3 is 0 Å². The predicted molar refractivity (Wildman–Crippen MR) is 34.4 cm³/mol. The SMILES string of the molecule is CC(O)C1C(=O)CCC1=O. The van der Waals surface area contributed by atoms with E-state index in [4.69, 9.17) is 5.11 Å². The van der Waals surface area contributed by atoms with Crippen molar-refractivity contribution in [1.82, 2.24) is 0 Å². The van der Waals surface area contributed by atoms with E-state index in [1.165, 1.54) is 6.92 Å². The first-order valence-corrected chi connectivity index (χ1v) is 3.36. The molecule has 1 unspecified atom stereocenters. The Morgan fingerprint density at radius 1 is 1.40 bits per heavy atom. The summed E-state index contributed by atoms with van der Waals surface area (Å²) < 4.78 is 0. The van der Waals surface area contributed by atoms with Gasteiger partial charge in [0.05, 0.1) is 6.10 Å². The van der Waals surface area contributed by atoms with Gasteiger partial charge in [0, 0.05) is 12.8 Å². The zero-order valence-electron chi connectivity index (χ0n) is 5.83. The molecule has 1 fully saturated rings. The molecule has 3 heteroatoms. The average molecular weight is 142 g/mol. The number of hydrogen-bond donors (Lipinski definition) is 1. The largest absolute Gasteiger partial charge is 0.392 e. The maximum Gasteiger partial charge on any atom is 0.146 e. The van der Waals surface area contributed by atoms with E-state index in [9.17, 15) is 9.59 Å². The van der Waals surface area contributed by atoms with E-state index in [-0.39, 0.29) is 11.6 Å². The van der Waals surface area contributed by atoms with Crippen LogP contribution in [-0.4, -0.2) is 22.8 Å². The van der Waals surface area contributed by atoms with Crippen molar-refractivity contribution in [2.75, 3.05) is 0 Å². The van der Waals surface area contributed by atoms with Gasteiger partial charge in [-0.2, -0.15) is 0 Å². The summed E-state index contributed by atoms with van der Waals surface area (Å²) in [5, 5.41) is 8.95. The summed E-state index contributed by atoms with van der Waals surface area (Å²) in [6.07, 6.45) is -0.175. The van der Waals surface area contributed by atoms with E-state index in [1.54, 1.807) is 0 Å². The number of carbonyl (C=O) groups excluding carboxylic acids is 2. The van der Waals surface area contributed by atoms with Crippen molar-refractivity contribution in [2.24, 2.45) is 5.92 Å². The Labute approximate surface area is 59.0 Å². The number of carbonyl (C=O) groups is 2. The van der Waals surface area contributed by atoms with Crippen molar-refractivity contribution in [3.8, 4) is 0 Å². The summed E-state index contributed by atoms with van der Waals surface area (Å²) >= 11 is 0. The normalized spacial score (nSPS) is 23.8. The van der Waals surface area contributed by atoms with Gasteiger partial charge in [-0.25, -0.2) is 0 Å². The summed E-state index contributed by atoms with van der Waals surface area (Å²) in [7, 11) is 0. The molecule has 1 saturated carbocycles. The van der Waals surface area contributed by atoms with Crippen LogP contribution in [0.3, 0.4) is 0 Å². The van der Waals surface area contributed by atoms with Crippen LogP contribution in [0.25, 0.3) is 0 Å². The minimum absolute atomic E-state index is 0.111. The number of ketones is 2. The summed E-state index contributed by atoms with van der Waals surface area (Å²) in [6, 6.07) is 0. The maximum absolute atomic E-state index is 10.8. The zero-order chi connectivity index (χ0) is 7.72. The van der Waals surface area contributed by atoms with Gasteiger partial charge in [-0.3, -0.25) is 9.59 Å². The van der Waals surface area contributed by atoms with Gasteiger partial charge < -0.3 is 5.11 Å². The van der Waals surface area contributed by atoms with Crippen molar-refractivity contribution in [3.63, 3.8) is 0 Å². The number of aliphatic hydroxyl groups excluding tert-OH is 1. The topological polar surface area (TPSA) is 54.4 Å². The van der Waals surface area contributed by atoms with Gasteiger partial charge in [-0.1, -0.05) is 0 Å². The lowest BCUT2D eigenvalue weighted by molar-refractivity contribution is -0.130. The molecule has 1 atom stereocenters. The van der Waals surface area contributed by atoms with Crippen LogP contribution >= 0.6 is 0 Å². The van der Waals surface area contributed by atoms with Crippen LogP contribution in [0.1, 0.15) is 19.8 Å². The Kier molecular flexibility index (Phi) is 1.85. The van der Waals surface area contributed by atoms with Crippen LogP contribution < -0.4 is 0 Å². The highest BCUT2D eigenvalue weighted by atomic mass is 16.3. The van der Waals surface area contributed by atoms with Gasteiger partial charge in [0.25, 0.3) is 0 Å². The van der Waals surface area contributed by atoms with E-state index in [2.05, 4.69) is 0 Å². The molecule has 0 aliphatic heterocycles. The molecule has 0 saturated heterocycles. The number of Topliss-reactive ketones (excluding diaryl/α,β-unsaturated/α-hetero) is 2. The molecule has 0 amide bonds. The van der Waals surface area contributed by atoms with Crippen LogP contribution in [-0.2, 0) is 9.59 Å². The Morgan fingerprint density at radius 3 is 2.00 bits per heavy atom. The van der Waals surface area contributed by atoms with E-state index in [0.29, 0.717) is 12.8 Å². The molecule has 56 valence electrons. The lowest BCUT2D eigenvalue weighted by atomic mass is 10.0. The molecule has 0 aromatic rings. The third-order valence-electron chi connectivity index (χ3n) is 1.79. The fraction of sp³-hybridized carbons (Fsp3) is 0.714. The van der Waals surface area contributed by atoms with Gasteiger partial charge in [0.1, 0.15) is 17.5 Å². The fourth-order valence-electron chi connectivity index (χ4n) is 1.28. The first kappa shape index (κ1) is 7.41. The summed E-state index contributed by atoms with van der Waals surface area (Å²) in [4.78, 5) is 21.7. The van der Waals surface area contributed by atoms with Crippen molar-refractivity contribution < 1.29 is 14.7 Å². The van der Waals surface area contributed by atoms with Crippen molar-refractivity contribution >= 4 is 11.6 Å². The fourth-order valence-corrected chi connectivity index (χ4v) is 1.28. The molecule has 1 rings (SSSR count). The highest BCUT2D eigenvalue weighted by Gasteiger charge is 2.35. The average Bonchev–Trinajstić information content (AvgIpc) is 2.11. The van der Waals surface area contributed by atoms with Crippen molar-refractivity contribution in [3.05, 3.63) is 0 Å². The van der Waals surface area contributed by atoms with E-state index in [0.717, 1.165) is 0 Å². The molecule has 10 heavy (non-hydrogen) atoms. The minimum atomic E-state index is -0.803. The molecule has 0 radical (unpaired) electrons. The van der Waals surface area contributed by atoms with E-state index < -0.39 is 12.0 Å². The van der Waals surface area contributed by atoms with Gasteiger partial charge in [0.15, 0.2) is 0 Å². The van der Waals surface area contributed by atoms with Crippen LogP contribution in [0.4, 0.5) is 0 Å². The quantitative estimate of drug-likeness (QED) is 0.521. The predicted octanol–water partition coefficient (Wildman–Crippen LogP) is -0.0846. The Bertz CT molecular complexity index is 156. The number of rotatable bonds is 1. The number of aliphatic hydroxyl groups is 1. The summed E-state index contributed by atoms with van der Waals surface area (Å²) in [6.45, 7) is 1.48. The second kappa shape index (κ2) is 2.50.